The van der Waals surface area contributed by atoms with Crippen molar-refractivity contribution >= 4 is 0 Å². The lowest BCUT2D eigenvalue weighted by Crippen LogP contribution is -2.52. The molecule has 1 aromatic heterocycles. The normalized spacial score (nSPS) is 27.6. The molecule has 1 saturated carbocycles. The molecular formula is C14H23N5. The fraction of sp³-hybridized carbons (Fsp3) is 0.786. The predicted octanol–water partition coefficient (Wildman–Crippen LogP) is 0.307. The van der Waals surface area contributed by atoms with Crippen LogP contribution in [0.1, 0.15) is 24.6 Å². The number of rotatable bonds is 3. The van der Waals surface area contributed by atoms with E-state index < -0.39 is 0 Å². The third-order valence-electron chi connectivity index (χ3n) is 5.09. The molecule has 0 unspecified atom stereocenters. The van der Waals surface area contributed by atoms with Gasteiger partial charge in [0.2, 0.25) is 0 Å². The van der Waals surface area contributed by atoms with Gasteiger partial charge in [0.1, 0.15) is 0 Å². The zero-order valence-electron chi connectivity index (χ0n) is 11.7. The van der Waals surface area contributed by atoms with E-state index >= 15 is 0 Å². The first kappa shape index (κ1) is 11.9. The second-order valence-corrected chi connectivity index (χ2v) is 6.46. The zero-order valence-corrected chi connectivity index (χ0v) is 11.7. The van der Waals surface area contributed by atoms with Gasteiger partial charge in [-0.2, -0.15) is 5.10 Å². The Kier molecular flexibility index (Phi) is 2.69. The van der Waals surface area contributed by atoms with Crippen molar-refractivity contribution in [2.24, 2.45) is 0 Å². The monoisotopic (exact) mass is 261 g/mol. The highest BCUT2D eigenvalue weighted by atomic mass is 15.4. The van der Waals surface area contributed by atoms with Crippen molar-refractivity contribution < 1.29 is 0 Å². The van der Waals surface area contributed by atoms with Crippen LogP contribution in [0.3, 0.4) is 0 Å². The summed E-state index contributed by atoms with van der Waals surface area (Å²) < 4.78 is 2.13. The van der Waals surface area contributed by atoms with Gasteiger partial charge < -0.3 is 5.32 Å². The highest BCUT2D eigenvalue weighted by Crippen LogP contribution is 2.43. The molecular weight excluding hydrogens is 238 g/mol. The molecule has 3 heterocycles. The zero-order chi connectivity index (χ0) is 12.9. The van der Waals surface area contributed by atoms with Gasteiger partial charge in [-0.1, -0.05) is 0 Å². The van der Waals surface area contributed by atoms with Crippen LogP contribution in [0.2, 0.25) is 0 Å². The second kappa shape index (κ2) is 4.30. The van der Waals surface area contributed by atoms with E-state index in [4.69, 9.17) is 5.10 Å². The average molecular weight is 261 g/mol. The number of aromatic nitrogens is 2. The highest BCUT2D eigenvalue weighted by molar-refractivity contribution is 5.09. The molecule has 1 spiro atoms. The van der Waals surface area contributed by atoms with Gasteiger partial charge in [0.25, 0.3) is 0 Å². The fourth-order valence-electron chi connectivity index (χ4n) is 3.32. The van der Waals surface area contributed by atoms with Crippen LogP contribution in [0.5, 0.6) is 0 Å². The summed E-state index contributed by atoms with van der Waals surface area (Å²) in [5, 5.41) is 8.03. The maximum absolute atomic E-state index is 4.73. The van der Waals surface area contributed by atoms with Crippen molar-refractivity contribution in [3.05, 3.63) is 18.0 Å². The van der Waals surface area contributed by atoms with Crippen molar-refractivity contribution in [1.82, 2.24) is 24.9 Å². The molecule has 4 rings (SSSR count). The first-order valence-electron chi connectivity index (χ1n) is 7.44. The smallest absolute Gasteiger partial charge is 0.0767 e. The van der Waals surface area contributed by atoms with Crippen LogP contribution in [0.15, 0.2) is 12.3 Å². The van der Waals surface area contributed by atoms with Gasteiger partial charge in [0.15, 0.2) is 0 Å². The minimum absolute atomic E-state index is 0.513. The average Bonchev–Trinajstić information content (AvgIpc) is 2.96. The molecule has 1 aromatic rings. The Morgan fingerprint density at radius 1 is 1.37 bits per heavy atom. The lowest BCUT2D eigenvalue weighted by atomic mass is 10.1. The summed E-state index contributed by atoms with van der Waals surface area (Å²) in [4.78, 5) is 5.14. The number of hydrogen-bond acceptors (Lipinski definition) is 4. The molecule has 104 valence electrons. The summed E-state index contributed by atoms with van der Waals surface area (Å²) in [6.07, 6.45) is 4.90. The standard InChI is InChI=1S/C14H23N5/c1-17-6-7-18(11-14(17)3-4-14)10-12-2-5-19(16-12)13-8-15-9-13/h2,5,13,15H,3-4,6-11H2,1H3. The van der Waals surface area contributed by atoms with Crippen molar-refractivity contribution in [2.45, 2.75) is 31.0 Å². The Hall–Kier alpha value is -0.910. The first-order chi connectivity index (χ1) is 9.25. The second-order valence-electron chi connectivity index (χ2n) is 6.46. The molecule has 3 fully saturated rings. The van der Waals surface area contributed by atoms with Crippen LogP contribution in [0.4, 0.5) is 0 Å². The van der Waals surface area contributed by atoms with Gasteiger partial charge in [0.05, 0.1) is 11.7 Å². The predicted molar refractivity (Wildman–Crippen MR) is 74.0 cm³/mol. The SMILES string of the molecule is CN1CCN(Cc2ccn(C3CNC3)n2)CC12CC2. The third kappa shape index (κ3) is 2.10. The number of nitrogens with zero attached hydrogens (tertiary/aromatic N) is 4. The van der Waals surface area contributed by atoms with Gasteiger partial charge in [-0.25, -0.2) is 0 Å². The summed E-state index contributed by atoms with van der Waals surface area (Å²) in [6, 6.07) is 2.77. The van der Waals surface area contributed by atoms with E-state index in [0.29, 0.717) is 11.6 Å². The van der Waals surface area contributed by atoms with Gasteiger partial charge in [-0.05, 0) is 26.0 Å². The van der Waals surface area contributed by atoms with Crippen LogP contribution in [0, 0.1) is 0 Å². The molecule has 0 atom stereocenters. The number of hydrogen-bond donors (Lipinski definition) is 1. The highest BCUT2D eigenvalue weighted by Gasteiger charge is 2.49. The minimum Gasteiger partial charge on any atom is -0.312 e. The number of nitrogens with one attached hydrogen (secondary N) is 1. The summed E-state index contributed by atoms with van der Waals surface area (Å²) in [7, 11) is 2.28. The van der Waals surface area contributed by atoms with E-state index in [-0.39, 0.29) is 0 Å². The lowest BCUT2D eigenvalue weighted by molar-refractivity contribution is 0.0747. The Bertz CT molecular complexity index is 460. The summed E-state index contributed by atoms with van der Waals surface area (Å²) in [5.74, 6) is 0. The molecule has 2 aliphatic heterocycles. The summed E-state index contributed by atoms with van der Waals surface area (Å²) in [6.45, 7) is 6.75. The largest absolute Gasteiger partial charge is 0.312 e. The molecule has 1 N–H and O–H groups in total. The number of piperazine rings is 1. The van der Waals surface area contributed by atoms with Crippen LogP contribution in [-0.4, -0.2) is 64.9 Å². The fourth-order valence-corrected chi connectivity index (χ4v) is 3.32. The van der Waals surface area contributed by atoms with E-state index in [1.165, 1.54) is 38.2 Å². The van der Waals surface area contributed by atoms with Gasteiger partial charge in [-0.15, -0.1) is 0 Å². The lowest BCUT2D eigenvalue weighted by Gasteiger charge is -2.39. The van der Waals surface area contributed by atoms with Crippen molar-refractivity contribution in [2.75, 3.05) is 39.8 Å². The molecule has 1 aliphatic carbocycles. The Balaban J connectivity index is 1.39. The van der Waals surface area contributed by atoms with E-state index in [1.807, 2.05) is 0 Å². The molecule has 5 nitrogen and oxygen atoms in total. The van der Waals surface area contributed by atoms with Crippen LogP contribution < -0.4 is 5.32 Å². The van der Waals surface area contributed by atoms with Crippen LogP contribution in [-0.2, 0) is 6.54 Å². The summed E-state index contributed by atoms with van der Waals surface area (Å²) in [5.41, 5.74) is 1.74. The van der Waals surface area contributed by atoms with E-state index in [1.54, 1.807) is 0 Å². The third-order valence-corrected chi connectivity index (χ3v) is 5.09. The maximum atomic E-state index is 4.73. The topological polar surface area (TPSA) is 36.3 Å². The molecule has 0 aromatic carbocycles. The molecule has 5 heteroatoms. The quantitative estimate of drug-likeness (QED) is 0.849. The van der Waals surface area contributed by atoms with E-state index in [9.17, 15) is 0 Å². The Labute approximate surface area is 114 Å². The molecule has 0 radical (unpaired) electrons. The van der Waals surface area contributed by atoms with Gasteiger partial charge in [-0.3, -0.25) is 14.5 Å². The van der Waals surface area contributed by atoms with E-state index in [2.05, 4.69) is 39.1 Å². The van der Waals surface area contributed by atoms with Gasteiger partial charge in [0, 0.05) is 51.0 Å². The van der Waals surface area contributed by atoms with Crippen LogP contribution in [0.25, 0.3) is 0 Å². The van der Waals surface area contributed by atoms with Gasteiger partial charge >= 0.3 is 0 Å². The van der Waals surface area contributed by atoms with E-state index in [0.717, 1.165) is 19.6 Å². The maximum Gasteiger partial charge on any atom is 0.0767 e. The molecule has 2 saturated heterocycles. The number of likely N-dealkylation sites (N-methyl/N-ethyl adjacent to an activating group) is 1. The Morgan fingerprint density at radius 3 is 2.89 bits per heavy atom. The molecule has 0 bridgehead atoms. The molecule has 19 heavy (non-hydrogen) atoms. The van der Waals surface area contributed by atoms with Crippen molar-refractivity contribution in [1.29, 1.82) is 0 Å². The van der Waals surface area contributed by atoms with Crippen LogP contribution >= 0.6 is 0 Å². The minimum atomic E-state index is 0.513. The molecule has 0 amide bonds. The first-order valence-corrected chi connectivity index (χ1v) is 7.44. The Morgan fingerprint density at radius 2 is 2.21 bits per heavy atom. The van der Waals surface area contributed by atoms with Crippen molar-refractivity contribution in [3.8, 4) is 0 Å². The summed E-state index contributed by atoms with van der Waals surface area (Å²) >= 11 is 0. The molecule has 3 aliphatic rings. The van der Waals surface area contributed by atoms with Crippen molar-refractivity contribution in [3.63, 3.8) is 0 Å².